The standard InChI is InChI=1S/C25H27N3O4/c1-31-20-11-9-19(10-12-20)28-24(29)21-13-14-26(25(30)23-8-5-15-32-23)17-22(21)27(28)16-18-6-3-2-4-7-18/h2-4,6-7,9-12,23H,5,8,13-17H2,1H3. The van der Waals surface area contributed by atoms with Crippen LogP contribution in [-0.2, 0) is 29.0 Å². The normalized spacial score (nSPS) is 17.9. The van der Waals surface area contributed by atoms with Crippen LogP contribution in [0, 0.1) is 0 Å². The molecule has 7 heteroatoms. The Hall–Kier alpha value is -3.32. The van der Waals surface area contributed by atoms with Crippen LogP contribution in [0.4, 0.5) is 0 Å². The zero-order valence-electron chi connectivity index (χ0n) is 18.2. The lowest BCUT2D eigenvalue weighted by Gasteiger charge is -2.29. The number of nitrogens with zero attached hydrogens (tertiary/aromatic N) is 3. The van der Waals surface area contributed by atoms with Gasteiger partial charge in [-0.25, -0.2) is 4.68 Å². The lowest BCUT2D eigenvalue weighted by Crippen LogP contribution is -2.42. The molecule has 0 radical (unpaired) electrons. The second kappa shape index (κ2) is 8.67. The molecule has 0 aliphatic carbocycles. The third kappa shape index (κ3) is 3.73. The van der Waals surface area contributed by atoms with Crippen molar-refractivity contribution in [1.29, 1.82) is 0 Å². The van der Waals surface area contributed by atoms with Gasteiger partial charge in [0.15, 0.2) is 0 Å². The molecule has 5 rings (SSSR count). The van der Waals surface area contributed by atoms with Crippen LogP contribution in [0.1, 0.15) is 29.7 Å². The maximum Gasteiger partial charge on any atom is 0.275 e. The first-order valence-corrected chi connectivity index (χ1v) is 11.1. The van der Waals surface area contributed by atoms with Crippen LogP contribution in [0.3, 0.4) is 0 Å². The minimum Gasteiger partial charge on any atom is -0.497 e. The molecule has 1 amide bonds. The molecule has 2 aliphatic heterocycles. The number of aromatic nitrogens is 2. The zero-order chi connectivity index (χ0) is 22.1. The SMILES string of the molecule is COc1ccc(-n2c(=O)c3c(n2Cc2ccccc2)CN(C(=O)C2CCCO2)CC3)cc1. The minimum absolute atomic E-state index is 0.0229. The molecule has 0 bridgehead atoms. The Morgan fingerprint density at radius 1 is 1.12 bits per heavy atom. The summed E-state index contributed by atoms with van der Waals surface area (Å²) >= 11 is 0. The van der Waals surface area contributed by atoms with Crippen LogP contribution in [0.25, 0.3) is 5.69 Å². The van der Waals surface area contributed by atoms with E-state index in [1.54, 1.807) is 11.8 Å². The lowest BCUT2D eigenvalue weighted by atomic mass is 10.1. The van der Waals surface area contributed by atoms with Crippen molar-refractivity contribution in [3.8, 4) is 11.4 Å². The molecular weight excluding hydrogens is 406 g/mol. The zero-order valence-corrected chi connectivity index (χ0v) is 18.2. The van der Waals surface area contributed by atoms with E-state index in [9.17, 15) is 9.59 Å². The van der Waals surface area contributed by atoms with Gasteiger partial charge in [-0.2, -0.15) is 0 Å². The molecule has 1 unspecified atom stereocenters. The van der Waals surface area contributed by atoms with Crippen molar-refractivity contribution in [2.75, 3.05) is 20.3 Å². The molecule has 3 aromatic rings. The van der Waals surface area contributed by atoms with Gasteiger partial charge >= 0.3 is 0 Å². The van der Waals surface area contributed by atoms with Gasteiger partial charge < -0.3 is 14.4 Å². The number of ether oxygens (including phenoxy) is 2. The average Bonchev–Trinajstić information content (AvgIpc) is 3.47. The predicted octanol–water partition coefficient (Wildman–Crippen LogP) is 2.76. The Bertz CT molecular complexity index is 1160. The number of carbonyl (C=O) groups is 1. The van der Waals surface area contributed by atoms with Gasteiger partial charge in [-0.05, 0) is 49.1 Å². The molecule has 0 N–H and O–H groups in total. The summed E-state index contributed by atoms with van der Waals surface area (Å²) in [6.07, 6.45) is 1.88. The van der Waals surface area contributed by atoms with Gasteiger partial charge in [-0.1, -0.05) is 30.3 Å². The van der Waals surface area contributed by atoms with Crippen molar-refractivity contribution in [1.82, 2.24) is 14.3 Å². The van der Waals surface area contributed by atoms with Gasteiger partial charge in [0.2, 0.25) is 0 Å². The van der Waals surface area contributed by atoms with Gasteiger partial charge in [0, 0.05) is 18.7 Å². The van der Waals surface area contributed by atoms with Gasteiger partial charge in [0.1, 0.15) is 11.9 Å². The van der Waals surface area contributed by atoms with Crippen LogP contribution >= 0.6 is 0 Å². The molecule has 32 heavy (non-hydrogen) atoms. The van der Waals surface area contributed by atoms with Crippen LogP contribution in [0.15, 0.2) is 59.4 Å². The van der Waals surface area contributed by atoms with E-state index < -0.39 is 0 Å². The molecule has 2 aliphatic rings. The quantitative estimate of drug-likeness (QED) is 0.621. The largest absolute Gasteiger partial charge is 0.497 e. The van der Waals surface area contributed by atoms with Crippen molar-refractivity contribution in [3.05, 3.63) is 81.8 Å². The Morgan fingerprint density at radius 3 is 2.59 bits per heavy atom. The van der Waals surface area contributed by atoms with Crippen LogP contribution in [0.5, 0.6) is 5.75 Å². The topological polar surface area (TPSA) is 65.7 Å². The van der Waals surface area contributed by atoms with Gasteiger partial charge in [-0.3, -0.25) is 14.3 Å². The Labute approximate surface area is 186 Å². The highest BCUT2D eigenvalue weighted by molar-refractivity contribution is 5.81. The third-order valence-electron chi connectivity index (χ3n) is 6.33. The summed E-state index contributed by atoms with van der Waals surface area (Å²) in [5.41, 5.74) is 3.53. The Morgan fingerprint density at radius 2 is 1.91 bits per heavy atom. The first-order chi connectivity index (χ1) is 15.7. The molecular formula is C25H27N3O4. The molecule has 0 saturated carbocycles. The fraction of sp³-hybridized carbons (Fsp3) is 0.360. The van der Waals surface area contributed by atoms with Crippen molar-refractivity contribution in [2.24, 2.45) is 0 Å². The van der Waals surface area contributed by atoms with E-state index in [2.05, 4.69) is 0 Å². The van der Waals surface area contributed by atoms with Gasteiger partial charge in [0.05, 0.1) is 31.6 Å². The number of hydrogen-bond acceptors (Lipinski definition) is 4. The number of hydrogen-bond donors (Lipinski definition) is 0. The van der Waals surface area contributed by atoms with Crippen molar-refractivity contribution >= 4 is 5.91 Å². The Kier molecular flexibility index (Phi) is 5.57. The van der Waals surface area contributed by atoms with E-state index in [0.29, 0.717) is 32.7 Å². The monoisotopic (exact) mass is 433 g/mol. The summed E-state index contributed by atoms with van der Waals surface area (Å²) in [6, 6.07) is 17.6. The summed E-state index contributed by atoms with van der Waals surface area (Å²) in [4.78, 5) is 28.3. The van der Waals surface area contributed by atoms with Gasteiger partial charge in [-0.15, -0.1) is 0 Å². The minimum atomic E-state index is -0.352. The van der Waals surface area contributed by atoms with Crippen molar-refractivity contribution in [2.45, 2.75) is 38.5 Å². The summed E-state index contributed by atoms with van der Waals surface area (Å²) in [7, 11) is 1.62. The molecule has 1 fully saturated rings. The number of benzene rings is 2. The summed E-state index contributed by atoms with van der Waals surface area (Å²) < 4.78 is 14.7. The fourth-order valence-corrected chi connectivity index (χ4v) is 4.64. The van der Waals surface area contributed by atoms with Crippen molar-refractivity contribution in [3.63, 3.8) is 0 Å². The van der Waals surface area contributed by atoms with E-state index in [1.165, 1.54) is 0 Å². The highest BCUT2D eigenvalue weighted by atomic mass is 16.5. The summed E-state index contributed by atoms with van der Waals surface area (Å²) in [5, 5.41) is 0. The second-order valence-electron chi connectivity index (χ2n) is 8.29. The second-order valence-corrected chi connectivity index (χ2v) is 8.29. The maximum absolute atomic E-state index is 13.5. The van der Waals surface area contributed by atoms with Crippen LogP contribution < -0.4 is 10.3 Å². The maximum atomic E-state index is 13.5. The fourth-order valence-electron chi connectivity index (χ4n) is 4.64. The van der Waals surface area contributed by atoms with Crippen molar-refractivity contribution < 1.29 is 14.3 Å². The van der Waals surface area contributed by atoms with Crippen LogP contribution in [0.2, 0.25) is 0 Å². The predicted molar refractivity (Wildman–Crippen MR) is 120 cm³/mol. The van der Waals surface area contributed by atoms with E-state index >= 15 is 0 Å². The highest BCUT2D eigenvalue weighted by Gasteiger charge is 2.33. The number of carbonyl (C=O) groups excluding carboxylic acids is 1. The Balaban J connectivity index is 1.57. The highest BCUT2D eigenvalue weighted by Crippen LogP contribution is 2.24. The van der Waals surface area contributed by atoms with E-state index in [0.717, 1.165) is 41.1 Å². The molecule has 166 valence electrons. The van der Waals surface area contributed by atoms with Crippen LogP contribution in [-0.4, -0.2) is 46.5 Å². The number of rotatable bonds is 5. The molecule has 2 aromatic carbocycles. The molecule has 0 spiro atoms. The molecule has 1 saturated heterocycles. The number of methoxy groups -OCH3 is 1. The molecule has 7 nitrogen and oxygen atoms in total. The first-order valence-electron chi connectivity index (χ1n) is 11.1. The molecule has 3 heterocycles. The summed E-state index contributed by atoms with van der Waals surface area (Å²) in [6.45, 7) is 2.14. The van der Waals surface area contributed by atoms with Gasteiger partial charge in [0.25, 0.3) is 11.5 Å². The average molecular weight is 434 g/mol. The van der Waals surface area contributed by atoms with E-state index in [4.69, 9.17) is 9.47 Å². The molecule has 1 aromatic heterocycles. The van der Waals surface area contributed by atoms with E-state index in [1.807, 2.05) is 64.2 Å². The number of fused-ring (bicyclic) bond motifs is 1. The third-order valence-corrected chi connectivity index (χ3v) is 6.33. The summed E-state index contributed by atoms with van der Waals surface area (Å²) in [5.74, 6) is 0.769. The smallest absolute Gasteiger partial charge is 0.275 e. The lowest BCUT2D eigenvalue weighted by molar-refractivity contribution is -0.142. The molecule has 1 atom stereocenters. The number of amides is 1. The first kappa shape index (κ1) is 20.6. The van der Waals surface area contributed by atoms with E-state index in [-0.39, 0.29) is 17.6 Å².